The van der Waals surface area contributed by atoms with E-state index in [9.17, 15) is 9.59 Å². The molecule has 0 radical (unpaired) electrons. The Hall–Kier alpha value is -1.65. The summed E-state index contributed by atoms with van der Waals surface area (Å²) in [4.78, 5) is 26.8. The highest BCUT2D eigenvalue weighted by atomic mass is 16.6. The van der Waals surface area contributed by atoms with Crippen LogP contribution in [0.25, 0.3) is 0 Å². The third kappa shape index (κ3) is 6.50. The molecular weight excluding hydrogens is 222 g/mol. The molecule has 5 heteroatoms. The van der Waals surface area contributed by atoms with Gasteiger partial charge in [-0.15, -0.1) is 0 Å². The topological polar surface area (TPSA) is 65.0 Å². The van der Waals surface area contributed by atoms with Crippen LogP contribution in [0.2, 0.25) is 0 Å². The SMILES string of the molecule is CC=CCC=NC(C(=O)OCC)C(=O)OCC. The number of hydrogen-bond acceptors (Lipinski definition) is 5. The van der Waals surface area contributed by atoms with Crippen LogP contribution in [0.3, 0.4) is 0 Å². The summed E-state index contributed by atoms with van der Waals surface area (Å²) in [5, 5.41) is 0. The van der Waals surface area contributed by atoms with E-state index in [1.165, 1.54) is 6.21 Å². The van der Waals surface area contributed by atoms with Crippen LogP contribution in [-0.2, 0) is 19.1 Å². The van der Waals surface area contributed by atoms with E-state index in [-0.39, 0.29) is 13.2 Å². The van der Waals surface area contributed by atoms with Crippen molar-refractivity contribution in [1.82, 2.24) is 0 Å². The predicted molar refractivity (Wildman–Crippen MR) is 65.0 cm³/mol. The minimum absolute atomic E-state index is 0.207. The van der Waals surface area contributed by atoms with Crippen LogP contribution in [0.4, 0.5) is 0 Å². The van der Waals surface area contributed by atoms with Crippen molar-refractivity contribution in [1.29, 1.82) is 0 Å². The van der Waals surface area contributed by atoms with Crippen molar-refractivity contribution in [3.8, 4) is 0 Å². The van der Waals surface area contributed by atoms with Crippen LogP contribution in [0.5, 0.6) is 0 Å². The summed E-state index contributed by atoms with van der Waals surface area (Å²) in [5.41, 5.74) is 0. The monoisotopic (exact) mass is 241 g/mol. The lowest BCUT2D eigenvalue weighted by atomic mass is 10.3. The third-order valence-corrected chi connectivity index (χ3v) is 1.75. The van der Waals surface area contributed by atoms with Crippen molar-refractivity contribution in [2.45, 2.75) is 33.2 Å². The van der Waals surface area contributed by atoms with Crippen molar-refractivity contribution in [3.05, 3.63) is 12.2 Å². The number of rotatable bonds is 7. The molecule has 5 nitrogen and oxygen atoms in total. The Morgan fingerprint density at radius 1 is 1.18 bits per heavy atom. The maximum atomic E-state index is 11.5. The van der Waals surface area contributed by atoms with Gasteiger partial charge in [0, 0.05) is 12.6 Å². The number of esters is 2. The van der Waals surface area contributed by atoms with Crippen LogP contribution in [0.15, 0.2) is 17.1 Å². The highest BCUT2D eigenvalue weighted by molar-refractivity contribution is 6.00. The van der Waals surface area contributed by atoms with Crippen molar-refractivity contribution >= 4 is 18.2 Å². The first-order valence-electron chi connectivity index (χ1n) is 5.63. The summed E-state index contributed by atoms with van der Waals surface area (Å²) < 4.78 is 9.51. The highest BCUT2D eigenvalue weighted by Gasteiger charge is 2.27. The second-order valence-corrected chi connectivity index (χ2v) is 3.04. The lowest BCUT2D eigenvalue weighted by Gasteiger charge is -2.09. The summed E-state index contributed by atoms with van der Waals surface area (Å²) in [6.07, 6.45) is 5.77. The Labute approximate surface area is 102 Å². The van der Waals surface area contributed by atoms with Gasteiger partial charge >= 0.3 is 11.9 Å². The minimum Gasteiger partial charge on any atom is -0.464 e. The van der Waals surface area contributed by atoms with Crippen molar-refractivity contribution in [3.63, 3.8) is 0 Å². The van der Waals surface area contributed by atoms with Gasteiger partial charge in [-0.2, -0.15) is 0 Å². The molecule has 0 aliphatic carbocycles. The van der Waals surface area contributed by atoms with E-state index in [2.05, 4.69) is 4.99 Å². The molecule has 0 spiro atoms. The summed E-state index contributed by atoms with van der Waals surface area (Å²) in [7, 11) is 0. The number of carbonyl (C=O) groups is 2. The molecule has 0 aromatic heterocycles. The molecule has 0 amide bonds. The van der Waals surface area contributed by atoms with Crippen molar-refractivity contribution in [2.75, 3.05) is 13.2 Å². The maximum Gasteiger partial charge on any atom is 0.342 e. The molecule has 0 aliphatic rings. The number of hydrogen-bond donors (Lipinski definition) is 0. The van der Waals surface area contributed by atoms with Crippen molar-refractivity contribution in [2.24, 2.45) is 4.99 Å². The fourth-order valence-electron chi connectivity index (χ4n) is 1.02. The smallest absolute Gasteiger partial charge is 0.342 e. The lowest BCUT2D eigenvalue weighted by molar-refractivity contribution is -0.156. The molecule has 0 rings (SSSR count). The summed E-state index contributed by atoms with van der Waals surface area (Å²) in [5.74, 6) is -1.36. The largest absolute Gasteiger partial charge is 0.464 e. The van der Waals surface area contributed by atoms with Gasteiger partial charge in [0.1, 0.15) is 0 Å². The normalized spacial score (nSPS) is 11.3. The second kappa shape index (κ2) is 9.57. The first kappa shape index (κ1) is 15.3. The number of ether oxygens (including phenoxy) is 2. The first-order valence-corrected chi connectivity index (χ1v) is 5.63. The average Bonchev–Trinajstić information content (AvgIpc) is 2.29. The Morgan fingerprint density at radius 3 is 2.12 bits per heavy atom. The van der Waals surface area contributed by atoms with Gasteiger partial charge in [-0.25, -0.2) is 9.59 Å². The fraction of sp³-hybridized carbons (Fsp3) is 0.583. The molecule has 17 heavy (non-hydrogen) atoms. The summed E-state index contributed by atoms with van der Waals surface area (Å²) in [6, 6.07) is -1.21. The molecule has 0 unspecified atom stereocenters. The van der Waals surface area contributed by atoms with Gasteiger partial charge in [-0.1, -0.05) is 12.2 Å². The molecule has 0 fully saturated rings. The molecule has 0 atom stereocenters. The van der Waals surface area contributed by atoms with E-state index < -0.39 is 18.0 Å². The van der Waals surface area contributed by atoms with Gasteiger partial charge in [-0.3, -0.25) is 4.99 Å². The molecule has 0 aromatic rings. The number of allylic oxidation sites excluding steroid dienone is 2. The Morgan fingerprint density at radius 2 is 1.71 bits per heavy atom. The van der Waals surface area contributed by atoms with Crippen LogP contribution >= 0.6 is 0 Å². The zero-order valence-electron chi connectivity index (χ0n) is 10.5. The van der Waals surface area contributed by atoms with Gasteiger partial charge in [0.15, 0.2) is 0 Å². The molecule has 0 heterocycles. The third-order valence-electron chi connectivity index (χ3n) is 1.75. The highest BCUT2D eigenvalue weighted by Crippen LogP contribution is 1.99. The standard InChI is InChI=1S/C12H19NO4/c1-4-7-8-9-13-10(11(14)16-5-2)12(15)17-6-3/h4,7,9-10H,5-6,8H2,1-3H3. The second-order valence-electron chi connectivity index (χ2n) is 3.04. The zero-order chi connectivity index (χ0) is 13.1. The molecule has 96 valence electrons. The van der Waals surface area contributed by atoms with E-state index >= 15 is 0 Å². The Bertz CT molecular complexity index is 279. The van der Waals surface area contributed by atoms with Gasteiger partial charge in [0.05, 0.1) is 13.2 Å². The quantitative estimate of drug-likeness (QED) is 0.293. The van der Waals surface area contributed by atoms with Gasteiger partial charge < -0.3 is 9.47 Å². The molecule has 0 bridgehead atoms. The lowest BCUT2D eigenvalue weighted by Crippen LogP contribution is -2.32. The molecule has 0 aromatic carbocycles. The average molecular weight is 241 g/mol. The number of carbonyl (C=O) groups excluding carboxylic acids is 2. The van der Waals surface area contributed by atoms with Crippen molar-refractivity contribution < 1.29 is 19.1 Å². The van der Waals surface area contributed by atoms with Crippen LogP contribution < -0.4 is 0 Å². The van der Waals surface area contributed by atoms with E-state index in [0.29, 0.717) is 6.42 Å². The van der Waals surface area contributed by atoms with Gasteiger partial charge in [0.2, 0.25) is 6.04 Å². The predicted octanol–water partition coefficient (Wildman–Crippen LogP) is 1.52. The molecular formula is C12H19NO4. The van der Waals surface area contributed by atoms with E-state index in [1.54, 1.807) is 13.8 Å². The zero-order valence-corrected chi connectivity index (χ0v) is 10.5. The Balaban J connectivity index is 4.54. The molecule has 0 saturated heterocycles. The molecule has 0 N–H and O–H groups in total. The Kier molecular flexibility index (Phi) is 8.64. The van der Waals surface area contributed by atoms with Gasteiger partial charge in [-0.05, 0) is 20.8 Å². The first-order chi connectivity index (χ1) is 8.17. The molecule has 0 aliphatic heterocycles. The van der Waals surface area contributed by atoms with Crippen LogP contribution in [-0.4, -0.2) is 37.4 Å². The van der Waals surface area contributed by atoms with Gasteiger partial charge in [0.25, 0.3) is 0 Å². The summed E-state index contributed by atoms with van der Waals surface area (Å²) >= 11 is 0. The summed E-state index contributed by atoms with van der Waals surface area (Å²) in [6.45, 7) is 5.63. The van der Waals surface area contributed by atoms with E-state index in [0.717, 1.165) is 0 Å². The van der Waals surface area contributed by atoms with E-state index in [4.69, 9.17) is 9.47 Å². The maximum absolute atomic E-state index is 11.5. The van der Waals surface area contributed by atoms with Crippen LogP contribution in [0.1, 0.15) is 27.2 Å². The number of aliphatic imine (C=N–C) groups is 1. The van der Waals surface area contributed by atoms with Crippen LogP contribution in [0, 0.1) is 0 Å². The number of nitrogens with zero attached hydrogens (tertiary/aromatic N) is 1. The van der Waals surface area contributed by atoms with E-state index in [1.807, 2.05) is 19.1 Å². The minimum atomic E-state index is -1.21. The fourth-order valence-corrected chi connectivity index (χ4v) is 1.02. The molecule has 0 saturated carbocycles.